The summed E-state index contributed by atoms with van der Waals surface area (Å²) in [6.07, 6.45) is 0.974. The van der Waals surface area contributed by atoms with Crippen molar-refractivity contribution in [1.82, 2.24) is 0 Å². The Morgan fingerprint density at radius 1 is 1.04 bits per heavy atom. The molecule has 1 rings (SSSR count). The van der Waals surface area contributed by atoms with Gasteiger partial charge in [0.15, 0.2) is 0 Å². The van der Waals surface area contributed by atoms with E-state index in [0.29, 0.717) is 24.2 Å². The summed E-state index contributed by atoms with van der Waals surface area (Å²) in [4.78, 5) is 11.8. The summed E-state index contributed by atoms with van der Waals surface area (Å²) >= 11 is 0. The molecule has 0 bridgehead atoms. The van der Waals surface area contributed by atoms with Crippen LogP contribution in [0.1, 0.15) is 62.6 Å². The second kappa shape index (κ2) is 9.58. The quantitative estimate of drug-likeness (QED) is 0.452. The molecule has 2 nitrogen and oxygen atoms in total. The Morgan fingerprint density at radius 2 is 1.78 bits per heavy atom. The number of esters is 1. The van der Waals surface area contributed by atoms with E-state index in [2.05, 4.69) is 6.92 Å². The molecule has 0 radical (unpaired) electrons. The zero-order valence-electron chi connectivity index (χ0n) is 13.8. The highest BCUT2D eigenvalue weighted by Crippen LogP contribution is 2.31. The van der Waals surface area contributed by atoms with Gasteiger partial charge in [-0.05, 0) is 36.1 Å². The molecule has 1 aromatic rings. The number of benzene rings is 1. The highest BCUT2D eigenvalue weighted by atomic mass is 19.4. The van der Waals surface area contributed by atoms with Crippen molar-refractivity contribution >= 4 is 5.97 Å². The summed E-state index contributed by atoms with van der Waals surface area (Å²) in [6.45, 7) is 4.38. The van der Waals surface area contributed by atoms with E-state index in [1.807, 2.05) is 6.92 Å². The Bertz CT molecular complexity index is 496. The van der Waals surface area contributed by atoms with Gasteiger partial charge in [-0.3, -0.25) is 4.79 Å². The Hall–Kier alpha value is -1.52. The fourth-order valence-corrected chi connectivity index (χ4v) is 2.40. The number of rotatable bonds is 9. The third-order valence-electron chi connectivity index (χ3n) is 3.65. The molecule has 0 saturated heterocycles. The molecule has 0 heterocycles. The average molecular weight is 330 g/mol. The molecule has 0 aromatic heterocycles. The van der Waals surface area contributed by atoms with Gasteiger partial charge in [0.25, 0.3) is 0 Å². The molecule has 5 heteroatoms. The molecule has 0 N–H and O–H groups in total. The smallest absolute Gasteiger partial charge is 0.416 e. The molecule has 0 aliphatic carbocycles. The lowest BCUT2D eigenvalue weighted by atomic mass is 9.98. The van der Waals surface area contributed by atoms with Gasteiger partial charge in [-0.1, -0.05) is 45.6 Å². The summed E-state index contributed by atoms with van der Waals surface area (Å²) < 4.78 is 43.5. The fraction of sp³-hybridized carbons (Fsp3) is 0.611. The van der Waals surface area contributed by atoms with E-state index in [9.17, 15) is 18.0 Å². The van der Waals surface area contributed by atoms with Crippen molar-refractivity contribution in [2.24, 2.45) is 0 Å². The molecule has 0 unspecified atom stereocenters. The van der Waals surface area contributed by atoms with E-state index in [1.165, 1.54) is 6.07 Å². The van der Waals surface area contributed by atoms with Crippen LogP contribution in [0.2, 0.25) is 0 Å². The zero-order valence-corrected chi connectivity index (χ0v) is 13.8. The van der Waals surface area contributed by atoms with Gasteiger partial charge in [0, 0.05) is 0 Å². The number of hydrogen-bond acceptors (Lipinski definition) is 2. The van der Waals surface area contributed by atoms with Crippen LogP contribution in [0.25, 0.3) is 0 Å². The molecule has 0 aliphatic heterocycles. The van der Waals surface area contributed by atoms with Crippen LogP contribution in [0.4, 0.5) is 13.2 Å². The van der Waals surface area contributed by atoms with Crippen LogP contribution < -0.4 is 0 Å². The average Bonchev–Trinajstić information content (AvgIpc) is 2.48. The lowest BCUT2D eigenvalue weighted by molar-refractivity contribution is -0.143. The van der Waals surface area contributed by atoms with Crippen molar-refractivity contribution in [3.63, 3.8) is 0 Å². The molecule has 1 aromatic carbocycles. The van der Waals surface area contributed by atoms with Gasteiger partial charge in [-0.25, -0.2) is 0 Å². The predicted molar refractivity (Wildman–Crippen MR) is 84.2 cm³/mol. The third-order valence-corrected chi connectivity index (χ3v) is 3.65. The monoisotopic (exact) mass is 330 g/mol. The number of ether oxygens (including phenoxy) is 1. The number of carbonyl (C=O) groups excluding carboxylic acids is 1. The van der Waals surface area contributed by atoms with Gasteiger partial charge in [-0.2, -0.15) is 13.2 Å². The highest BCUT2D eigenvalue weighted by molar-refractivity contribution is 5.73. The SMILES string of the molecule is CCCCCCOC(=O)Cc1ccc(C(F)(F)F)cc1CCC. The second-order valence-corrected chi connectivity index (χ2v) is 5.69. The summed E-state index contributed by atoms with van der Waals surface area (Å²) in [7, 11) is 0. The van der Waals surface area contributed by atoms with Gasteiger partial charge in [-0.15, -0.1) is 0 Å². The van der Waals surface area contributed by atoms with Crippen LogP contribution in [0.15, 0.2) is 18.2 Å². The molecular weight excluding hydrogens is 305 g/mol. The molecule has 0 spiro atoms. The summed E-state index contributed by atoms with van der Waals surface area (Å²) in [5, 5.41) is 0. The molecule has 0 aliphatic rings. The van der Waals surface area contributed by atoms with E-state index in [-0.39, 0.29) is 12.4 Å². The summed E-state index contributed by atoms with van der Waals surface area (Å²) in [6, 6.07) is 3.57. The van der Waals surface area contributed by atoms with Crippen molar-refractivity contribution in [3.05, 3.63) is 34.9 Å². The van der Waals surface area contributed by atoms with Crippen molar-refractivity contribution in [3.8, 4) is 0 Å². The first-order chi connectivity index (χ1) is 10.9. The van der Waals surface area contributed by atoms with Crippen LogP contribution in [0.5, 0.6) is 0 Å². The zero-order chi connectivity index (χ0) is 17.3. The van der Waals surface area contributed by atoms with E-state index in [0.717, 1.165) is 44.2 Å². The number of unbranched alkanes of at least 4 members (excludes halogenated alkanes) is 3. The standard InChI is InChI=1S/C18H25F3O2/c1-3-5-6-7-11-23-17(22)13-15-9-10-16(18(19,20)21)12-14(15)8-4-2/h9-10,12H,3-8,11,13H2,1-2H3. The molecule has 130 valence electrons. The number of halogens is 3. The molecule has 23 heavy (non-hydrogen) atoms. The number of alkyl halides is 3. The highest BCUT2D eigenvalue weighted by Gasteiger charge is 2.31. The first-order valence-corrected chi connectivity index (χ1v) is 8.23. The fourth-order valence-electron chi connectivity index (χ4n) is 2.40. The first kappa shape index (κ1) is 19.5. The van der Waals surface area contributed by atoms with Gasteiger partial charge in [0.05, 0.1) is 18.6 Å². The summed E-state index contributed by atoms with van der Waals surface area (Å²) in [5.74, 6) is -0.376. The molecule has 0 atom stereocenters. The van der Waals surface area contributed by atoms with Crippen LogP contribution >= 0.6 is 0 Å². The van der Waals surface area contributed by atoms with Crippen LogP contribution in [-0.4, -0.2) is 12.6 Å². The second-order valence-electron chi connectivity index (χ2n) is 5.69. The van der Waals surface area contributed by atoms with Crippen molar-refractivity contribution in [2.45, 2.75) is 65.0 Å². The normalized spacial score (nSPS) is 11.5. The first-order valence-electron chi connectivity index (χ1n) is 8.23. The Morgan fingerprint density at radius 3 is 2.39 bits per heavy atom. The van der Waals surface area contributed by atoms with Crippen molar-refractivity contribution in [1.29, 1.82) is 0 Å². The van der Waals surface area contributed by atoms with Crippen LogP contribution in [0.3, 0.4) is 0 Å². The van der Waals surface area contributed by atoms with Crippen molar-refractivity contribution in [2.75, 3.05) is 6.61 Å². The Balaban J connectivity index is 2.66. The van der Waals surface area contributed by atoms with E-state index >= 15 is 0 Å². The van der Waals surface area contributed by atoms with E-state index in [1.54, 1.807) is 0 Å². The minimum atomic E-state index is -4.36. The van der Waals surface area contributed by atoms with E-state index in [4.69, 9.17) is 4.74 Å². The number of aryl methyl sites for hydroxylation is 1. The Kier molecular flexibility index (Phi) is 8.13. The predicted octanol–water partition coefficient (Wildman–Crippen LogP) is 5.32. The minimum Gasteiger partial charge on any atom is -0.465 e. The Labute approximate surface area is 136 Å². The van der Waals surface area contributed by atoms with Crippen LogP contribution in [-0.2, 0) is 28.5 Å². The number of hydrogen-bond donors (Lipinski definition) is 0. The van der Waals surface area contributed by atoms with E-state index < -0.39 is 11.7 Å². The maximum absolute atomic E-state index is 12.8. The maximum atomic E-state index is 12.8. The van der Waals surface area contributed by atoms with Gasteiger partial charge < -0.3 is 4.74 Å². The topological polar surface area (TPSA) is 26.3 Å². The van der Waals surface area contributed by atoms with Gasteiger partial charge in [0.1, 0.15) is 0 Å². The molecule has 0 saturated carbocycles. The summed E-state index contributed by atoms with van der Waals surface area (Å²) in [5.41, 5.74) is 0.529. The lowest BCUT2D eigenvalue weighted by Gasteiger charge is -2.13. The third kappa shape index (κ3) is 7.06. The van der Waals surface area contributed by atoms with Gasteiger partial charge in [0.2, 0.25) is 0 Å². The van der Waals surface area contributed by atoms with Gasteiger partial charge >= 0.3 is 12.1 Å². The lowest BCUT2D eigenvalue weighted by Crippen LogP contribution is -2.12. The molecule has 0 amide bonds. The van der Waals surface area contributed by atoms with Crippen LogP contribution in [0, 0.1) is 0 Å². The minimum absolute atomic E-state index is 0.0290. The van der Waals surface area contributed by atoms with Crippen molar-refractivity contribution < 1.29 is 22.7 Å². The molecule has 0 fully saturated rings. The maximum Gasteiger partial charge on any atom is 0.416 e. The molecular formula is C18H25F3O2. The number of carbonyl (C=O) groups is 1. The largest absolute Gasteiger partial charge is 0.465 e.